The lowest BCUT2D eigenvalue weighted by Crippen LogP contribution is -2.35. The summed E-state index contributed by atoms with van der Waals surface area (Å²) >= 11 is 1.74. The quantitative estimate of drug-likeness (QED) is 0.575. The zero-order valence-electron chi connectivity index (χ0n) is 10.2. The summed E-state index contributed by atoms with van der Waals surface area (Å²) in [4.78, 5) is 12.8. The standard InChI is InChI=1S/C13H20N2OS/c1-2-11(10-14)13(16)15-8-9-17-12-6-4-3-5-7-12/h3-7,11H,2,8-10,14H2,1H3,(H,15,16). The first-order valence-electron chi connectivity index (χ1n) is 5.93. The molecule has 0 saturated carbocycles. The van der Waals surface area contributed by atoms with Crippen molar-refractivity contribution in [2.24, 2.45) is 11.7 Å². The lowest BCUT2D eigenvalue weighted by Gasteiger charge is -2.12. The van der Waals surface area contributed by atoms with Gasteiger partial charge in [-0.2, -0.15) is 0 Å². The lowest BCUT2D eigenvalue weighted by molar-refractivity contribution is -0.124. The van der Waals surface area contributed by atoms with E-state index >= 15 is 0 Å². The highest BCUT2D eigenvalue weighted by atomic mass is 32.2. The number of hydrogen-bond acceptors (Lipinski definition) is 3. The van der Waals surface area contributed by atoms with Gasteiger partial charge in [-0.1, -0.05) is 25.1 Å². The zero-order valence-corrected chi connectivity index (χ0v) is 11.0. The molecule has 1 aromatic carbocycles. The van der Waals surface area contributed by atoms with E-state index in [2.05, 4.69) is 17.4 Å². The molecule has 1 aromatic rings. The Morgan fingerprint density at radius 2 is 2.12 bits per heavy atom. The van der Waals surface area contributed by atoms with Gasteiger partial charge in [0.2, 0.25) is 5.91 Å². The molecular weight excluding hydrogens is 232 g/mol. The molecule has 1 rings (SSSR count). The first-order chi connectivity index (χ1) is 8.27. The van der Waals surface area contributed by atoms with E-state index in [-0.39, 0.29) is 11.8 Å². The van der Waals surface area contributed by atoms with Crippen LogP contribution in [0, 0.1) is 5.92 Å². The summed E-state index contributed by atoms with van der Waals surface area (Å²) in [6, 6.07) is 10.2. The summed E-state index contributed by atoms with van der Waals surface area (Å²) in [6.07, 6.45) is 0.800. The predicted molar refractivity (Wildman–Crippen MR) is 73.0 cm³/mol. The fourth-order valence-corrected chi connectivity index (χ4v) is 2.25. The molecule has 3 nitrogen and oxygen atoms in total. The Hall–Kier alpha value is -1.00. The van der Waals surface area contributed by atoms with Crippen LogP contribution in [0.15, 0.2) is 35.2 Å². The Bertz CT molecular complexity index is 325. The zero-order chi connectivity index (χ0) is 12.5. The smallest absolute Gasteiger partial charge is 0.224 e. The van der Waals surface area contributed by atoms with Gasteiger partial charge in [0.1, 0.15) is 0 Å². The highest BCUT2D eigenvalue weighted by Crippen LogP contribution is 2.15. The van der Waals surface area contributed by atoms with Crippen LogP contribution in [-0.2, 0) is 4.79 Å². The van der Waals surface area contributed by atoms with E-state index in [4.69, 9.17) is 5.73 Å². The number of rotatable bonds is 7. The Morgan fingerprint density at radius 3 is 2.71 bits per heavy atom. The van der Waals surface area contributed by atoms with E-state index in [0.717, 1.165) is 12.2 Å². The first kappa shape index (κ1) is 14.1. The highest BCUT2D eigenvalue weighted by molar-refractivity contribution is 7.99. The molecule has 4 heteroatoms. The maximum atomic E-state index is 11.6. The molecule has 0 spiro atoms. The van der Waals surface area contributed by atoms with Gasteiger partial charge in [-0.05, 0) is 18.6 Å². The molecule has 1 atom stereocenters. The van der Waals surface area contributed by atoms with E-state index < -0.39 is 0 Å². The summed E-state index contributed by atoms with van der Waals surface area (Å²) in [6.45, 7) is 3.10. The van der Waals surface area contributed by atoms with Crippen LogP contribution in [0.4, 0.5) is 0 Å². The molecule has 0 aromatic heterocycles. The number of carbonyl (C=O) groups is 1. The molecule has 0 aliphatic rings. The Labute approximate surface area is 107 Å². The number of nitrogens with one attached hydrogen (secondary N) is 1. The number of carbonyl (C=O) groups excluding carboxylic acids is 1. The molecule has 0 aliphatic carbocycles. The summed E-state index contributed by atoms with van der Waals surface area (Å²) in [5.41, 5.74) is 5.51. The fraction of sp³-hybridized carbons (Fsp3) is 0.462. The molecule has 0 fully saturated rings. The van der Waals surface area contributed by atoms with Crippen molar-refractivity contribution in [3.63, 3.8) is 0 Å². The van der Waals surface area contributed by atoms with E-state index in [1.54, 1.807) is 11.8 Å². The highest BCUT2D eigenvalue weighted by Gasteiger charge is 2.12. The summed E-state index contributed by atoms with van der Waals surface area (Å²) in [5.74, 6) is 0.914. The number of thioether (sulfide) groups is 1. The van der Waals surface area contributed by atoms with Crippen molar-refractivity contribution in [1.29, 1.82) is 0 Å². The molecular formula is C13H20N2OS. The van der Waals surface area contributed by atoms with E-state index in [1.807, 2.05) is 25.1 Å². The number of amides is 1. The molecule has 0 radical (unpaired) electrons. The minimum absolute atomic E-state index is 0.0447. The average Bonchev–Trinajstić information content (AvgIpc) is 2.37. The van der Waals surface area contributed by atoms with E-state index in [0.29, 0.717) is 13.1 Å². The largest absolute Gasteiger partial charge is 0.355 e. The second-order valence-corrected chi connectivity index (χ2v) is 4.96. The van der Waals surface area contributed by atoms with Gasteiger partial charge in [0.15, 0.2) is 0 Å². The fourth-order valence-electron chi connectivity index (χ4n) is 1.46. The second-order valence-electron chi connectivity index (χ2n) is 3.79. The van der Waals surface area contributed by atoms with Crippen molar-refractivity contribution in [2.45, 2.75) is 18.2 Å². The average molecular weight is 252 g/mol. The van der Waals surface area contributed by atoms with Gasteiger partial charge >= 0.3 is 0 Å². The van der Waals surface area contributed by atoms with Gasteiger partial charge in [0.05, 0.1) is 0 Å². The number of benzene rings is 1. The Balaban J connectivity index is 2.18. The Kier molecular flexibility index (Phi) is 6.74. The molecule has 0 heterocycles. The van der Waals surface area contributed by atoms with Gasteiger partial charge in [-0.15, -0.1) is 11.8 Å². The molecule has 0 saturated heterocycles. The lowest BCUT2D eigenvalue weighted by atomic mass is 10.1. The van der Waals surface area contributed by atoms with Crippen LogP contribution in [0.1, 0.15) is 13.3 Å². The van der Waals surface area contributed by atoms with Gasteiger partial charge < -0.3 is 11.1 Å². The van der Waals surface area contributed by atoms with E-state index in [9.17, 15) is 4.79 Å². The van der Waals surface area contributed by atoms with Crippen molar-refractivity contribution >= 4 is 17.7 Å². The van der Waals surface area contributed by atoms with Crippen molar-refractivity contribution in [3.05, 3.63) is 30.3 Å². The number of nitrogens with two attached hydrogens (primary N) is 1. The molecule has 0 aliphatic heterocycles. The molecule has 0 bridgehead atoms. The SMILES string of the molecule is CCC(CN)C(=O)NCCSc1ccccc1. The monoisotopic (exact) mass is 252 g/mol. The second kappa shape index (κ2) is 8.14. The maximum absolute atomic E-state index is 11.6. The maximum Gasteiger partial charge on any atom is 0.224 e. The van der Waals surface area contributed by atoms with Crippen LogP contribution in [0.25, 0.3) is 0 Å². The molecule has 1 unspecified atom stereocenters. The third-order valence-corrected chi connectivity index (χ3v) is 3.58. The van der Waals surface area contributed by atoms with Crippen molar-refractivity contribution < 1.29 is 4.79 Å². The van der Waals surface area contributed by atoms with E-state index in [1.165, 1.54) is 4.90 Å². The molecule has 17 heavy (non-hydrogen) atoms. The summed E-state index contributed by atoms with van der Waals surface area (Å²) < 4.78 is 0. The van der Waals surface area contributed by atoms with Crippen LogP contribution in [0.5, 0.6) is 0 Å². The van der Waals surface area contributed by atoms with Crippen molar-refractivity contribution in [1.82, 2.24) is 5.32 Å². The van der Waals surface area contributed by atoms with Crippen molar-refractivity contribution in [3.8, 4) is 0 Å². The van der Waals surface area contributed by atoms with Crippen LogP contribution >= 0.6 is 11.8 Å². The third-order valence-electron chi connectivity index (χ3n) is 2.56. The van der Waals surface area contributed by atoms with Gasteiger partial charge in [0.25, 0.3) is 0 Å². The predicted octanol–water partition coefficient (Wildman–Crippen LogP) is 1.88. The summed E-state index contributed by atoms with van der Waals surface area (Å²) in [5, 5.41) is 2.92. The topological polar surface area (TPSA) is 55.1 Å². The van der Waals surface area contributed by atoms with Crippen molar-refractivity contribution in [2.75, 3.05) is 18.8 Å². The van der Waals surface area contributed by atoms with Crippen LogP contribution in [-0.4, -0.2) is 24.7 Å². The Morgan fingerprint density at radius 1 is 1.41 bits per heavy atom. The normalized spacial score (nSPS) is 12.1. The minimum Gasteiger partial charge on any atom is -0.355 e. The molecule has 1 amide bonds. The first-order valence-corrected chi connectivity index (χ1v) is 6.92. The van der Waals surface area contributed by atoms with Crippen LogP contribution in [0.2, 0.25) is 0 Å². The third kappa shape index (κ3) is 5.24. The van der Waals surface area contributed by atoms with Gasteiger partial charge in [0, 0.05) is 29.7 Å². The minimum atomic E-state index is -0.0447. The van der Waals surface area contributed by atoms with Crippen LogP contribution in [0.3, 0.4) is 0 Å². The molecule has 94 valence electrons. The van der Waals surface area contributed by atoms with Gasteiger partial charge in [-0.25, -0.2) is 0 Å². The summed E-state index contributed by atoms with van der Waals surface area (Å²) in [7, 11) is 0. The van der Waals surface area contributed by atoms with Crippen LogP contribution < -0.4 is 11.1 Å². The molecule has 3 N–H and O–H groups in total. The van der Waals surface area contributed by atoms with Gasteiger partial charge in [-0.3, -0.25) is 4.79 Å². The number of hydrogen-bond donors (Lipinski definition) is 2.